The van der Waals surface area contributed by atoms with Crippen molar-refractivity contribution in [3.05, 3.63) is 63.2 Å². The molecule has 1 saturated heterocycles. The lowest BCUT2D eigenvalue weighted by molar-refractivity contribution is -0.385. The fraction of sp³-hybridized carbons (Fsp3) is 0.440. The Bertz CT molecular complexity index is 1120. The van der Waals surface area contributed by atoms with Crippen molar-refractivity contribution in [3.8, 4) is 11.5 Å². The maximum Gasteiger partial charge on any atom is 0.275 e. The Labute approximate surface area is 203 Å². The summed E-state index contributed by atoms with van der Waals surface area (Å²) in [6.07, 6.45) is 0.531. The Hall–Kier alpha value is -3.50. The minimum Gasteiger partial charge on any atom is -0.454 e. The zero-order chi connectivity index (χ0) is 24.9. The highest BCUT2D eigenvalue weighted by Gasteiger charge is 2.26. The summed E-state index contributed by atoms with van der Waals surface area (Å²) < 4.78 is 10.8. The van der Waals surface area contributed by atoms with Crippen LogP contribution in [0.1, 0.15) is 41.3 Å². The van der Waals surface area contributed by atoms with Crippen molar-refractivity contribution in [2.45, 2.75) is 38.9 Å². The van der Waals surface area contributed by atoms with Crippen LogP contribution < -0.4 is 14.8 Å². The summed E-state index contributed by atoms with van der Waals surface area (Å²) in [5.74, 6) is 0.977. The van der Waals surface area contributed by atoms with E-state index in [1.54, 1.807) is 30.0 Å². The Balaban J connectivity index is 1.60. The summed E-state index contributed by atoms with van der Waals surface area (Å²) >= 11 is 0. The van der Waals surface area contributed by atoms with Crippen molar-refractivity contribution in [2.24, 2.45) is 0 Å². The van der Waals surface area contributed by atoms with E-state index in [4.69, 9.17) is 9.47 Å². The number of hydrogen-bond donors (Lipinski definition) is 1. The number of likely N-dealkylation sites (N-methyl/N-ethyl adjacent to an activating group) is 1. The van der Waals surface area contributed by atoms with E-state index in [-0.39, 0.29) is 56.1 Å². The third kappa shape index (κ3) is 5.95. The van der Waals surface area contributed by atoms with Gasteiger partial charge in [0.15, 0.2) is 17.3 Å². The highest BCUT2D eigenvalue weighted by Crippen LogP contribution is 2.33. The van der Waals surface area contributed by atoms with E-state index in [9.17, 15) is 19.7 Å². The van der Waals surface area contributed by atoms with Crippen LogP contribution in [0, 0.1) is 10.1 Å². The summed E-state index contributed by atoms with van der Waals surface area (Å²) in [5.41, 5.74) is 1.34. The molecule has 2 aliphatic heterocycles. The Morgan fingerprint density at radius 2 is 1.97 bits per heavy atom. The molecule has 4 rings (SSSR count). The maximum atomic E-state index is 13.5. The molecule has 2 aromatic rings. The van der Waals surface area contributed by atoms with Crippen LogP contribution in [0.4, 0.5) is 5.69 Å². The fourth-order valence-electron chi connectivity index (χ4n) is 4.41. The number of hydrogen-bond acceptors (Lipinski definition) is 8. The summed E-state index contributed by atoms with van der Waals surface area (Å²) in [6, 6.07) is 9.96. The average molecular weight is 483 g/mol. The van der Waals surface area contributed by atoms with E-state index in [1.165, 1.54) is 6.07 Å². The molecule has 35 heavy (non-hydrogen) atoms. The van der Waals surface area contributed by atoms with Crippen LogP contribution in [0.25, 0.3) is 0 Å². The molecule has 1 fully saturated rings. The molecule has 0 spiro atoms. The molecule has 0 saturated carbocycles. The Kier molecular flexibility index (Phi) is 7.62. The number of carbonyl (C=O) groups is 2. The van der Waals surface area contributed by atoms with Gasteiger partial charge >= 0.3 is 0 Å². The number of rotatable bonds is 9. The van der Waals surface area contributed by atoms with E-state index < -0.39 is 4.92 Å². The normalized spacial score (nSPS) is 17.3. The topological polar surface area (TPSA) is 114 Å². The number of nitrogens with one attached hydrogen (secondary N) is 1. The molecule has 0 radical (unpaired) electrons. The summed E-state index contributed by atoms with van der Waals surface area (Å²) in [4.78, 5) is 40.7. The first-order valence-electron chi connectivity index (χ1n) is 11.7. The van der Waals surface area contributed by atoms with Crippen LogP contribution in [0.2, 0.25) is 0 Å². The molecule has 2 aromatic carbocycles. The number of Topliss-reactive ketones (excluding diaryl/α,β-unsaturated/α-hetero) is 1. The lowest BCUT2D eigenvalue weighted by Gasteiger charge is -2.32. The summed E-state index contributed by atoms with van der Waals surface area (Å²) in [5, 5.41) is 15.2. The maximum absolute atomic E-state index is 13.5. The molecule has 2 heterocycles. The summed E-state index contributed by atoms with van der Waals surface area (Å²) in [7, 11) is 2.02. The predicted octanol–water partition coefficient (Wildman–Crippen LogP) is 2.74. The van der Waals surface area contributed by atoms with Crippen LogP contribution in [-0.2, 0) is 17.9 Å². The van der Waals surface area contributed by atoms with E-state index in [2.05, 4.69) is 10.2 Å². The third-order valence-electron chi connectivity index (χ3n) is 6.33. The van der Waals surface area contributed by atoms with Gasteiger partial charge in [-0.3, -0.25) is 19.7 Å². The minimum atomic E-state index is -0.497. The number of nitrogens with zero attached hydrogens (tertiary/aromatic N) is 3. The average Bonchev–Trinajstić information content (AvgIpc) is 3.31. The molecule has 0 bridgehead atoms. The fourth-order valence-corrected chi connectivity index (χ4v) is 4.41. The second-order valence-electron chi connectivity index (χ2n) is 8.93. The number of amides is 1. The molecular weight excluding hydrogens is 452 g/mol. The van der Waals surface area contributed by atoms with Crippen molar-refractivity contribution in [3.63, 3.8) is 0 Å². The van der Waals surface area contributed by atoms with Crippen molar-refractivity contribution in [1.29, 1.82) is 0 Å². The zero-order valence-electron chi connectivity index (χ0n) is 20.0. The number of benzene rings is 2. The molecule has 1 amide bonds. The monoisotopic (exact) mass is 482 g/mol. The zero-order valence-corrected chi connectivity index (χ0v) is 20.0. The number of fused-ring (bicyclic) bond motifs is 1. The molecule has 10 heteroatoms. The van der Waals surface area contributed by atoms with E-state index >= 15 is 0 Å². The van der Waals surface area contributed by atoms with Gasteiger partial charge in [-0.15, -0.1) is 0 Å². The SMILES string of the molecule is CCC(=O)c1ccc(CN(Cc2ccc3c(c2)OCO3)C(=O)CC2CN(C)CCN2)c([N+](=O)[O-])c1. The quantitative estimate of drug-likeness (QED) is 0.330. The standard InChI is InChI=1S/C25H30N4O6/c1-3-22(30)18-5-6-19(21(11-18)29(32)33)14-28(25(31)12-20-15-27(2)9-8-26-20)13-17-4-7-23-24(10-17)35-16-34-23/h4-7,10-11,20,26H,3,8-9,12-16H2,1-2H3. The van der Waals surface area contributed by atoms with Gasteiger partial charge in [0.05, 0.1) is 11.5 Å². The molecular formula is C25H30N4O6. The molecule has 0 aromatic heterocycles. The predicted molar refractivity (Wildman–Crippen MR) is 128 cm³/mol. The van der Waals surface area contributed by atoms with Gasteiger partial charge in [-0.2, -0.15) is 0 Å². The van der Waals surface area contributed by atoms with Gasteiger partial charge in [-0.1, -0.05) is 19.1 Å². The Morgan fingerprint density at radius 3 is 2.71 bits per heavy atom. The lowest BCUT2D eigenvalue weighted by Crippen LogP contribution is -2.51. The van der Waals surface area contributed by atoms with Crippen molar-refractivity contribution in [1.82, 2.24) is 15.1 Å². The van der Waals surface area contributed by atoms with E-state index in [1.807, 2.05) is 19.2 Å². The molecule has 0 aliphatic carbocycles. The second-order valence-corrected chi connectivity index (χ2v) is 8.93. The number of ether oxygens (including phenoxy) is 2. The molecule has 1 unspecified atom stereocenters. The first-order chi connectivity index (χ1) is 16.8. The first-order valence-corrected chi connectivity index (χ1v) is 11.7. The number of carbonyl (C=O) groups excluding carboxylic acids is 2. The van der Waals surface area contributed by atoms with Crippen LogP contribution in [0.15, 0.2) is 36.4 Å². The van der Waals surface area contributed by atoms with Crippen molar-refractivity contribution >= 4 is 17.4 Å². The van der Waals surface area contributed by atoms with E-state index in [0.717, 1.165) is 25.2 Å². The number of nitro groups is 1. The number of ketones is 1. The van der Waals surface area contributed by atoms with Gasteiger partial charge in [0.1, 0.15) is 0 Å². The Morgan fingerprint density at radius 1 is 1.17 bits per heavy atom. The largest absolute Gasteiger partial charge is 0.454 e. The van der Waals surface area contributed by atoms with Crippen LogP contribution >= 0.6 is 0 Å². The van der Waals surface area contributed by atoms with Crippen LogP contribution in [0.3, 0.4) is 0 Å². The molecule has 1 atom stereocenters. The van der Waals surface area contributed by atoms with Crippen LogP contribution in [-0.4, -0.2) is 65.9 Å². The van der Waals surface area contributed by atoms with Gasteiger partial charge in [0.2, 0.25) is 12.7 Å². The van der Waals surface area contributed by atoms with Gasteiger partial charge in [-0.25, -0.2) is 0 Å². The second kappa shape index (κ2) is 10.8. The van der Waals surface area contributed by atoms with E-state index in [0.29, 0.717) is 22.6 Å². The number of nitro benzene ring substituents is 1. The highest BCUT2D eigenvalue weighted by atomic mass is 16.7. The van der Waals surface area contributed by atoms with Gasteiger partial charge in [0.25, 0.3) is 5.69 Å². The smallest absolute Gasteiger partial charge is 0.275 e. The molecule has 186 valence electrons. The minimum absolute atomic E-state index is 0.0000384. The number of piperazine rings is 1. The first kappa shape index (κ1) is 24.6. The highest BCUT2D eigenvalue weighted by molar-refractivity contribution is 5.96. The van der Waals surface area contributed by atoms with Gasteiger partial charge in [-0.05, 0) is 30.8 Å². The lowest BCUT2D eigenvalue weighted by atomic mass is 10.0. The molecule has 2 aliphatic rings. The van der Waals surface area contributed by atoms with Crippen molar-refractivity contribution < 1.29 is 24.0 Å². The van der Waals surface area contributed by atoms with Crippen molar-refractivity contribution in [2.75, 3.05) is 33.5 Å². The van der Waals surface area contributed by atoms with Crippen LogP contribution in [0.5, 0.6) is 11.5 Å². The molecule has 10 nitrogen and oxygen atoms in total. The third-order valence-corrected chi connectivity index (χ3v) is 6.33. The van der Waals surface area contributed by atoms with Gasteiger partial charge in [0, 0.05) is 62.3 Å². The molecule has 1 N–H and O–H groups in total. The van der Waals surface area contributed by atoms with Gasteiger partial charge < -0.3 is 24.6 Å². The summed E-state index contributed by atoms with van der Waals surface area (Å²) in [6.45, 7) is 4.63.